The van der Waals surface area contributed by atoms with Crippen molar-refractivity contribution >= 4 is 6.21 Å². The first-order valence-corrected chi connectivity index (χ1v) is 4.50. The Morgan fingerprint density at radius 3 is 2.75 bits per heavy atom. The van der Waals surface area contributed by atoms with Gasteiger partial charge in [-0.1, -0.05) is 25.5 Å². The Morgan fingerprint density at radius 2 is 2.25 bits per heavy atom. The third-order valence-corrected chi connectivity index (χ3v) is 2.69. The van der Waals surface area contributed by atoms with Crippen LogP contribution < -0.4 is 0 Å². The van der Waals surface area contributed by atoms with Crippen LogP contribution in [0.4, 0.5) is 0 Å². The van der Waals surface area contributed by atoms with Gasteiger partial charge in [-0.05, 0) is 25.2 Å². The fourth-order valence-corrected chi connectivity index (χ4v) is 2.15. The topological polar surface area (TPSA) is 32.6 Å². The van der Waals surface area contributed by atoms with Crippen molar-refractivity contribution in [3.05, 3.63) is 11.6 Å². The van der Waals surface area contributed by atoms with Crippen molar-refractivity contribution in [2.24, 2.45) is 22.9 Å². The predicted molar refractivity (Wildman–Crippen MR) is 50.5 cm³/mol. The van der Waals surface area contributed by atoms with Crippen LogP contribution in [-0.2, 0) is 0 Å². The van der Waals surface area contributed by atoms with E-state index in [1.807, 2.05) is 0 Å². The first kappa shape index (κ1) is 9.30. The second-order valence-corrected chi connectivity index (χ2v) is 3.90. The summed E-state index contributed by atoms with van der Waals surface area (Å²) in [6.45, 7) is 6.55. The molecular formula is C10H17NO. The van der Waals surface area contributed by atoms with E-state index in [0.717, 1.165) is 6.42 Å². The third kappa shape index (κ3) is 1.87. The predicted octanol–water partition coefficient (Wildman–Crippen LogP) is 2.68. The van der Waals surface area contributed by atoms with E-state index < -0.39 is 0 Å². The second-order valence-electron chi connectivity index (χ2n) is 3.90. The maximum absolute atomic E-state index is 8.47. The van der Waals surface area contributed by atoms with Gasteiger partial charge in [0.25, 0.3) is 0 Å². The van der Waals surface area contributed by atoms with Gasteiger partial charge in [-0.3, -0.25) is 0 Å². The van der Waals surface area contributed by atoms with E-state index >= 15 is 0 Å². The molecule has 0 saturated heterocycles. The Hall–Kier alpha value is -0.790. The number of nitrogens with zero attached hydrogens (tertiary/aromatic N) is 1. The molecule has 0 radical (unpaired) electrons. The molecule has 0 aromatic carbocycles. The van der Waals surface area contributed by atoms with E-state index in [1.54, 1.807) is 6.21 Å². The summed E-state index contributed by atoms with van der Waals surface area (Å²) in [5.41, 5.74) is 1.46. The average Bonchev–Trinajstić information content (AvgIpc) is 1.96. The second kappa shape index (κ2) is 3.74. The zero-order chi connectivity index (χ0) is 9.14. The first-order valence-electron chi connectivity index (χ1n) is 4.50. The summed E-state index contributed by atoms with van der Waals surface area (Å²) < 4.78 is 0. The highest BCUT2D eigenvalue weighted by Crippen LogP contribution is 2.31. The molecular weight excluding hydrogens is 150 g/mol. The molecule has 0 aromatic heterocycles. The molecule has 68 valence electrons. The third-order valence-electron chi connectivity index (χ3n) is 2.69. The molecule has 1 rings (SSSR count). The van der Waals surface area contributed by atoms with Crippen molar-refractivity contribution in [2.45, 2.75) is 27.2 Å². The molecule has 0 aromatic rings. The summed E-state index contributed by atoms with van der Waals surface area (Å²) in [6, 6.07) is 0. The van der Waals surface area contributed by atoms with Crippen molar-refractivity contribution in [1.82, 2.24) is 0 Å². The minimum absolute atomic E-state index is 0.402. The lowest BCUT2D eigenvalue weighted by molar-refractivity contribution is 0.303. The summed E-state index contributed by atoms with van der Waals surface area (Å²) in [5.74, 6) is 1.50. The minimum Gasteiger partial charge on any atom is -0.411 e. The van der Waals surface area contributed by atoms with Crippen molar-refractivity contribution in [1.29, 1.82) is 0 Å². The summed E-state index contributed by atoms with van der Waals surface area (Å²) in [5, 5.41) is 11.6. The average molecular weight is 167 g/mol. The van der Waals surface area contributed by atoms with Crippen LogP contribution in [0, 0.1) is 17.8 Å². The van der Waals surface area contributed by atoms with Crippen molar-refractivity contribution < 1.29 is 5.21 Å². The van der Waals surface area contributed by atoms with Gasteiger partial charge in [-0.2, -0.15) is 0 Å². The highest BCUT2D eigenvalue weighted by molar-refractivity contribution is 5.61. The molecule has 1 aliphatic rings. The van der Waals surface area contributed by atoms with E-state index in [1.165, 1.54) is 5.57 Å². The van der Waals surface area contributed by atoms with E-state index in [2.05, 4.69) is 32.0 Å². The molecule has 0 aliphatic heterocycles. The standard InChI is InChI=1S/C10H17NO/c1-7-4-8(2)10(6-11-12)9(3)5-7/h4,6,8-10,12H,5H2,1-3H3/b11-6-/t8-,9-,10-/m0/s1. The molecule has 2 nitrogen and oxygen atoms in total. The number of rotatable bonds is 1. The monoisotopic (exact) mass is 167 g/mol. The number of hydrogen-bond acceptors (Lipinski definition) is 2. The Balaban J connectivity index is 2.75. The highest BCUT2D eigenvalue weighted by atomic mass is 16.4. The summed E-state index contributed by atoms with van der Waals surface area (Å²) in [4.78, 5) is 0. The van der Waals surface area contributed by atoms with Crippen LogP contribution in [0.25, 0.3) is 0 Å². The molecule has 0 unspecified atom stereocenters. The van der Waals surface area contributed by atoms with Crippen molar-refractivity contribution in [2.75, 3.05) is 0 Å². The normalized spacial score (nSPS) is 36.9. The van der Waals surface area contributed by atoms with Crippen molar-refractivity contribution in [3.63, 3.8) is 0 Å². The molecule has 1 aliphatic carbocycles. The van der Waals surface area contributed by atoms with Crippen LogP contribution in [0.1, 0.15) is 27.2 Å². The van der Waals surface area contributed by atoms with E-state index in [4.69, 9.17) is 5.21 Å². The summed E-state index contributed by atoms with van der Waals surface area (Å²) in [7, 11) is 0. The maximum atomic E-state index is 8.47. The lowest BCUT2D eigenvalue weighted by Gasteiger charge is -2.29. The zero-order valence-corrected chi connectivity index (χ0v) is 7.99. The lowest BCUT2D eigenvalue weighted by Crippen LogP contribution is -2.24. The van der Waals surface area contributed by atoms with Gasteiger partial charge >= 0.3 is 0 Å². The molecule has 0 spiro atoms. The molecule has 3 atom stereocenters. The molecule has 0 amide bonds. The SMILES string of the molecule is CC1=C[C@H](C)[C@H](/C=N\O)[C@@H](C)C1. The van der Waals surface area contributed by atoms with E-state index in [9.17, 15) is 0 Å². The van der Waals surface area contributed by atoms with Crippen LogP contribution in [0.3, 0.4) is 0 Å². The van der Waals surface area contributed by atoms with E-state index in [-0.39, 0.29) is 0 Å². The van der Waals surface area contributed by atoms with Gasteiger partial charge in [0, 0.05) is 12.1 Å². The molecule has 1 N–H and O–H groups in total. The van der Waals surface area contributed by atoms with Gasteiger partial charge in [-0.15, -0.1) is 5.16 Å². The Kier molecular flexibility index (Phi) is 2.90. The molecule has 0 bridgehead atoms. The van der Waals surface area contributed by atoms with Gasteiger partial charge in [0.2, 0.25) is 0 Å². The molecule has 0 fully saturated rings. The molecule has 0 saturated carbocycles. The fraction of sp³-hybridized carbons (Fsp3) is 0.700. The summed E-state index contributed by atoms with van der Waals surface area (Å²) >= 11 is 0. The largest absolute Gasteiger partial charge is 0.411 e. The number of allylic oxidation sites excluding steroid dienone is 2. The van der Waals surface area contributed by atoms with Gasteiger partial charge in [-0.25, -0.2) is 0 Å². The highest BCUT2D eigenvalue weighted by Gasteiger charge is 2.25. The minimum atomic E-state index is 0.402. The van der Waals surface area contributed by atoms with E-state index in [0.29, 0.717) is 17.8 Å². The van der Waals surface area contributed by atoms with Crippen LogP contribution in [0.15, 0.2) is 16.8 Å². The first-order chi connectivity index (χ1) is 5.65. The Labute approximate surface area is 74.0 Å². The van der Waals surface area contributed by atoms with Gasteiger partial charge < -0.3 is 5.21 Å². The van der Waals surface area contributed by atoms with Crippen molar-refractivity contribution in [3.8, 4) is 0 Å². The molecule has 12 heavy (non-hydrogen) atoms. The van der Waals surface area contributed by atoms with Gasteiger partial charge in [0.1, 0.15) is 0 Å². The fourth-order valence-electron chi connectivity index (χ4n) is 2.15. The smallest absolute Gasteiger partial charge is 0.0475 e. The van der Waals surface area contributed by atoms with Crippen LogP contribution in [-0.4, -0.2) is 11.4 Å². The Bertz CT molecular complexity index is 208. The lowest BCUT2D eigenvalue weighted by atomic mass is 9.76. The van der Waals surface area contributed by atoms with Gasteiger partial charge in [0.05, 0.1) is 0 Å². The quantitative estimate of drug-likeness (QED) is 0.277. The molecule has 0 heterocycles. The maximum Gasteiger partial charge on any atom is 0.0475 e. The van der Waals surface area contributed by atoms with Crippen LogP contribution in [0.2, 0.25) is 0 Å². The van der Waals surface area contributed by atoms with Crippen LogP contribution in [0.5, 0.6) is 0 Å². The Morgan fingerprint density at radius 1 is 1.58 bits per heavy atom. The molecule has 2 heteroatoms. The number of hydrogen-bond donors (Lipinski definition) is 1. The number of oxime groups is 1. The zero-order valence-electron chi connectivity index (χ0n) is 7.99. The van der Waals surface area contributed by atoms with Crippen LogP contribution >= 0.6 is 0 Å². The van der Waals surface area contributed by atoms with Gasteiger partial charge in [0.15, 0.2) is 0 Å². The summed E-state index contributed by atoms with van der Waals surface area (Å²) in [6.07, 6.45) is 5.06.